The molecule has 0 aliphatic carbocycles. The van der Waals surface area contributed by atoms with Gasteiger partial charge in [0.1, 0.15) is 0 Å². The third kappa shape index (κ3) is 4.30. The smallest absolute Gasteiger partial charge is 0.232 e. The zero-order valence-electron chi connectivity index (χ0n) is 9.43. The molecule has 1 aliphatic heterocycles. The molecule has 1 saturated heterocycles. The largest absolute Gasteiger partial charge is 0.381 e. The van der Waals surface area contributed by atoms with E-state index in [-0.39, 0.29) is 5.75 Å². The Morgan fingerprint density at radius 1 is 1.18 bits per heavy atom. The molecule has 3 nitrogen and oxygen atoms in total. The molecule has 1 aromatic rings. The van der Waals surface area contributed by atoms with Gasteiger partial charge in [0.25, 0.3) is 0 Å². The molecule has 5 heteroatoms. The first-order chi connectivity index (χ1) is 8.03. The van der Waals surface area contributed by atoms with Crippen LogP contribution in [0.5, 0.6) is 0 Å². The van der Waals surface area contributed by atoms with Gasteiger partial charge in [0.15, 0.2) is 0 Å². The van der Waals surface area contributed by atoms with Crippen LogP contribution in [0.2, 0.25) is 0 Å². The second kappa shape index (κ2) is 5.38. The fourth-order valence-electron chi connectivity index (χ4n) is 1.82. The second-order valence-electron chi connectivity index (χ2n) is 4.42. The molecule has 0 radical (unpaired) electrons. The van der Waals surface area contributed by atoms with Crippen molar-refractivity contribution in [1.82, 2.24) is 0 Å². The van der Waals surface area contributed by atoms with Crippen LogP contribution in [0, 0.1) is 5.92 Å². The van der Waals surface area contributed by atoms with E-state index in [0.717, 1.165) is 25.2 Å². The quantitative estimate of drug-likeness (QED) is 0.771. The number of benzene rings is 1. The summed E-state index contributed by atoms with van der Waals surface area (Å²) in [4.78, 5) is 0. The van der Waals surface area contributed by atoms with E-state index in [0.29, 0.717) is 12.3 Å². The molecule has 94 valence electrons. The second-order valence-corrected chi connectivity index (χ2v) is 7.31. The average Bonchev–Trinajstić information content (AvgIpc) is 2.21. The molecule has 1 fully saturated rings. The maximum Gasteiger partial charge on any atom is 0.232 e. The standard InChI is InChI=1S/C12H15ClO3S/c13-17(14,15)6-5-10-1-3-11(4-2-10)7-12-8-16-9-12/h1-4,12H,5-9H2. The highest BCUT2D eigenvalue weighted by Gasteiger charge is 2.18. The molecule has 0 N–H and O–H groups in total. The first-order valence-electron chi connectivity index (χ1n) is 5.61. The van der Waals surface area contributed by atoms with Gasteiger partial charge in [0.2, 0.25) is 9.05 Å². The summed E-state index contributed by atoms with van der Waals surface area (Å²) < 4.78 is 26.8. The van der Waals surface area contributed by atoms with Gasteiger partial charge in [-0.3, -0.25) is 0 Å². The highest BCUT2D eigenvalue weighted by atomic mass is 35.7. The van der Waals surface area contributed by atoms with Crippen molar-refractivity contribution >= 4 is 19.7 Å². The molecule has 0 spiro atoms. The van der Waals surface area contributed by atoms with Crippen molar-refractivity contribution in [3.63, 3.8) is 0 Å². The van der Waals surface area contributed by atoms with Gasteiger partial charge in [-0.15, -0.1) is 0 Å². The van der Waals surface area contributed by atoms with Crippen LogP contribution in [0.25, 0.3) is 0 Å². The Labute approximate surface area is 106 Å². The molecule has 0 aromatic heterocycles. The number of hydrogen-bond donors (Lipinski definition) is 0. The lowest BCUT2D eigenvalue weighted by molar-refractivity contribution is -0.0312. The zero-order chi connectivity index (χ0) is 12.3. The van der Waals surface area contributed by atoms with E-state index < -0.39 is 9.05 Å². The van der Waals surface area contributed by atoms with Crippen LogP contribution < -0.4 is 0 Å². The van der Waals surface area contributed by atoms with Crippen LogP contribution in [-0.2, 0) is 26.6 Å². The fourth-order valence-corrected chi connectivity index (χ4v) is 2.53. The summed E-state index contributed by atoms with van der Waals surface area (Å²) >= 11 is 0. The van der Waals surface area contributed by atoms with Crippen LogP contribution in [0.4, 0.5) is 0 Å². The van der Waals surface area contributed by atoms with Gasteiger partial charge in [-0.2, -0.15) is 0 Å². The molecule has 0 bridgehead atoms. The molecule has 0 saturated carbocycles. The lowest BCUT2D eigenvalue weighted by atomic mass is 9.97. The summed E-state index contributed by atoms with van der Waals surface area (Å²) in [5, 5.41) is 0. The van der Waals surface area contributed by atoms with Crippen molar-refractivity contribution in [3.8, 4) is 0 Å². The number of hydrogen-bond acceptors (Lipinski definition) is 3. The molecular weight excluding hydrogens is 260 g/mol. The lowest BCUT2D eigenvalue weighted by Gasteiger charge is -2.25. The summed E-state index contributed by atoms with van der Waals surface area (Å²) in [5.74, 6) is 0.633. The van der Waals surface area contributed by atoms with Crippen LogP contribution in [0.3, 0.4) is 0 Å². The molecule has 0 atom stereocenters. The minimum absolute atomic E-state index is 0.00956. The number of rotatable bonds is 5. The highest BCUT2D eigenvalue weighted by Crippen LogP contribution is 2.17. The molecule has 0 unspecified atom stereocenters. The monoisotopic (exact) mass is 274 g/mol. The maximum atomic E-state index is 10.8. The summed E-state index contributed by atoms with van der Waals surface area (Å²) in [6.07, 6.45) is 1.51. The molecule has 1 aromatic carbocycles. The Morgan fingerprint density at radius 3 is 2.24 bits per heavy atom. The van der Waals surface area contributed by atoms with Gasteiger partial charge in [-0.1, -0.05) is 24.3 Å². The fraction of sp³-hybridized carbons (Fsp3) is 0.500. The summed E-state index contributed by atoms with van der Waals surface area (Å²) in [6, 6.07) is 8.04. The molecule has 1 heterocycles. The molecule has 17 heavy (non-hydrogen) atoms. The first kappa shape index (κ1) is 12.9. The Bertz CT molecular complexity index is 463. The minimum Gasteiger partial charge on any atom is -0.381 e. The van der Waals surface area contributed by atoms with E-state index in [1.807, 2.05) is 12.1 Å². The topological polar surface area (TPSA) is 43.4 Å². The van der Waals surface area contributed by atoms with Crippen molar-refractivity contribution in [3.05, 3.63) is 35.4 Å². The molecule has 2 rings (SSSR count). The van der Waals surface area contributed by atoms with Gasteiger partial charge in [-0.05, 0) is 24.0 Å². The third-order valence-electron chi connectivity index (χ3n) is 2.89. The Balaban J connectivity index is 1.88. The van der Waals surface area contributed by atoms with Crippen molar-refractivity contribution < 1.29 is 13.2 Å². The summed E-state index contributed by atoms with van der Waals surface area (Å²) in [6.45, 7) is 1.71. The number of ether oxygens (including phenoxy) is 1. The normalized spacial score (nSPS) is 16.8. The van der Waals surface area contributed by atoms with Crippen molar-refractivity contribution in [2.24, 2.45) is 5.92 Å². The predicted octanol–water partition coefficient (Wildman–Crippen LogP) is 1.99. The number of aryl methyl sites for hydroxylation is 1. The van der Waals surface area contributed by atoms with E-state index in [1.165, 1.54) is 5.56 Å². The maximum absolute atomic E-state index is 10.8. The van der Waals surface area contributed by atoms with E-state index in [9.17, 15) is 8.42 Å². The Kier molecular flexibility index (Phi) is 4.07. The Morgan fingerprint density at radius 2 is 1.76 bits per heavy atom. The van der Waals surface area contributed by atoms with Crippen LogP contribution in [-0.4, -0.2) is 27.4 Å². The van der Waals surface area contributed by atoms with Crippen LogP contribution in [0.1, 0.15) is 11.1 Å². The van der Waals surface area contributed by atoms with E-state index in [2.05, 4.69) is 12.1 Å². The van der Waals surface area contributed by atoms with Gasteiger partial charge >= 0.3 is 0 Å². The summed E-state index contributed by atoms with van der Waals surface area (Å²) in [5.41, 5.74) is 2.28. The lowest BCUT2D eigenvalue weighted by Crippen LogP contribution is -2.29. The van der Waals surface area contributed by atoms with Crippen LogP contribution in [0.15, 0.2) is 24.3 Å². The summed E-state index contributed by atoms with van der Waals surface area (Å²) in [7, 11) is 1.78. The molecule has 0 amide bonds. The number of halogens is 1. The zero-order valence-corrected chi connectivity index (χ0v) is 11.0. The predicted molar refractivity (Wildman–Crippen MR) is 67.8 cm³/mol. The molecular formula is C12H15ClO3S. The first-order valence-corrected chi connectivity index (χ1v) is 8.09. The average molecular weight is 275 g/mol. The van der Waals surface area contributed by atoms with Crippen molar-refractivity contribution in [2.45, 2.75) is 12.8 Å². The van der Waals surface area contributed by atoms with Gasteiger partial charge in [0, 0.05) is 16.6 Å². The Hall–Kier alpha value is -0.580. The van der Waals surface area contributed by atoms with Gasteiger partial charge < -0.3 is 4.74 Å². The van der Waals surface area contributed by atoms with Crippen molar-refractivity contribution in [1.29, 1.82) is 0 Å². The van der Waals surface area contributed by atoms with Gasteiger partial charge in [-0.25, -0.2) is 8.42 Å². The van der Waals surface area contributed by atoms with Crippen LogP contribution >= 0.6 is 10.7 Å². The SMILES string of the molecule is O=S(=O)(Cl)CCc1ccc(CC2COC2)cc1. The van der Waals surface area contributed by atoms with Crippen molar-refractivity contribution in [2.75, 3.05) is 19.0 Å². The third-order valence-corrected chi connectivity index (χ3v) is 4.04. The highest BCUT2D eigenvalue weighted by molar-refractivity contribution is 8.13. The van der Waals surface area contributed by atoms with E-state index in [1.54, 1.807) is 0 Å². The molecule has 1 aliphatic rings. The van der Waals surface area contributed by atoms with E-state index >= 15 is 0 Å². The van der Waals surface area contributed by atoms with E-state index in [4.69, 9.17) is 15.4 Å². The minimum atomic E-state index is -3.39. The van der Waals surface area contributed by atoms with Gasteiger partial charge in [0.05, 0.1) is 19.0 Å².